The molecule has 1 aliphatic heterocycles. The van der Waals surface area contributed by atoms with Gasteiger partial charge in [0, 0.05) is 37.7 Å². The highest BCUT2D eigenvalue weighted by atomic mass is 28.4. The minimum absolute atomic E-state index is 0.0715. The summed E-state index contributed by atoms with van der Waals surface area (Å²) in [5, 5.41) is 17.1. The topological polar surface area (TPSA) is 199 Å². The van der Waals surface area contributed by atoms with E-state index in [0.717, 1.165) is 0 Å². The van der Waals surface area contributed by atoms with Crippen molar-refractivity contribution in [1.82, 2.24) is 5.32 Å². The Balaban J connectivity index is 1.69. The average Bonchev–Trinajstić information content (AvgIpc) is 3.34. The number of amides is 1. The molecule has 0 aromatic heterocycles. The smallest absolute Gasteiger partial charge is 0.338 e. The first-order valence-corrected chi connectivity index (χ1v) is 31.7. The van der Waals surface area contributed by atoms with Gasteiger partial charge in [-0.05, 0) is 92.8 Å². The van der Waals surface area contributed by atoms with Crippen LogP contribution in [-0.4, -0.2) is 112 Å². The van der Waals surface area contributed by atoms with Crippen molar-refractivity contribution in [3.05, 3.63) is 94.6 Å². The Morgan fingerprint density at radius 1 is 0.878 bits per heavy atom. The molecule has 74 heavy (non-hydrogen) atoms. The number of nitrogens with one attached hydrogen (secondary N) is 1. The molecule has 17 heteroatoms. The van der Waals surface area contributed by atoms with Gasteiger partial charge >= 0.3 is 23.9 Å². The standard InChI is InChI=1S/C57H81NO14Si2/c1-17-34(5)50(62)58-44(38-27-23-21-24-28-38)46(71-73(15,16)53(9,10)11)52(64)68-40-32-57(65)49(69-51(63)39-29-25-22-26-30-39)47-55(14,41(67-36(7)59)31-42-56(47,33-66-42)70-37(8)60)48(61)45(43(35(40)6)54(57,12)13)72-74(18-2,19-3)20-4/h17,21-30,40-42,44-47,49,65H,18-20,31-33H2,1-16H3,(H,58,62)/b34-17+/t40-,41-,42+,44-,45+,46+,47?,49-,55+,56-,57+/m0/s1. The van der Waals surface area contributed by atoms with Crippen LogP contribution in [0.1, 0.15) is 132 Å². The predicted octanol–water partition coefficient (Wildman–Crippen LogP) is 9.45. The van der Waals surface area contributed by atoms with Crippen molar-refractivity contribution in [1.29, 1.82) is 0 Å². The van der Waals surface area contributed by atoms with Crippen molar-refractivity contribution in [2.45, 2.75) is 200 Å². The van der Waals surface area contributed by atoms with Crippen LogP contribution in [0.2, 0.25) is 36.3 Å². The van der Waals surface area contributed by atoms with Crippen LogP contribution in [0, 0.1) is 16.7 Å². The summed E-state index contributed by atoms with van der Waals surface area (Å²) in [6, 6.07) is 18.0. The fraction of sp³-hybridized carbons (Fsp3) is 0.614. The zero-order valence-corrected chi connectivity index (χ0v) is 48.5. The third-order valence-corrected chi connectivity index (χ3v) is 26.8. The molecule has 0 spiro atoms. The van der Waals surface area contributed by atoms with E-state index in [4.69, 9.17) is 32.5 Å². The molecule has 3 aliphatic carbocycles. The molecule has 1 saturated heterocycles. The largest absolute Gasteiger partial charge is 0.461 e. The molecule has 3 fully saturated rings. The van der Waals surface area contributed by atoms with Gasteiger partial charge in [-0.25, -0.2) is 9.59 Å². The van der Waals surface area contributed by atoms with Crippen molar-refractivity contribution in [2.24, 2.45) is 16.7 Å². The number of fused-ring (bicyclic) bond motifs is 5. The molecule has 4 aliphatic rings. The van der Waals surface area contributed by atoms with Crippen LogP contribution in [0.5, 0.6) is 0 Å². The van der Waals surface area contributed by atoms with Gasteiger partial charge in [0.1, 0.15) is 36.1 Å². The van der Waals surface area contributed by atoms with E-state index in [9.17, 15) is 24.3 Å². The number of aliphatic hydroxyl groups is 1. The van der Waals surface area contributed by atoms with E-state index < -0.39 is 134 Å². The minimum atomic E-state index is -2.90. The highest BCUT2D eigenvalue weighted by molar-refractivity contribution is 6.74. The van der Waals surface area contributed by atoms with Gasteiger partial charge < -0.3 is 43.0 Å². The number of hydrogen-bond donors (Lipinski definition) is 2. The monoisotopic (exact) mass is 1060 g/mol. The van der Waals surface area contributed by atoms with Crippen molar-refractivity contribution in [3.63, 3.8) is 0 Å². The van der Waals surface area contributed by atoms with Crippen LogP contribution >= 0.6 is 0 Å². The molecular weight excluding hydrogens is 979 g/mol. The van der Waals surface area contributed by atoms with Gasteiger partial charge in [-0.3, -0.25) is 19.2 Å². The van der Waals surface area contributed by atoms with Crippen molar-refractivity contribution in [3.8, 4) is 0 Å². The van der Waals surface area contributed by atoms with Crippen molar-refractivity contribution >= 4 is 52.2 Å². The van der Waals surface area contributed by atoms with E-state index >= 15 is 9.59 Å². The van der Waals surface area contributed by atoms with Gasteiger partial charge in [0.25, 0.3) is 0 Å². The van der Waals surface area contributed by atoms with E-state index in [1.165, 1.54) is 13.8 Å². The van der Waals surface area contributed by atoms with E-state index in [2.05, 4.69) is 5.32 Å². The summed E-state index contributed by atoms with van der Waals surface area (Å²) in [6.07, 6.45) is -6.99. The number of allylic oxidation sites excluding steroid dienone is 1. The first-order chi connectivity index (χ1) is 34.4. The molecule has 2 N–H and O–H groups in total. The Morgan fingerprint density at radius 2 is 1.46 bits per heavy atom. The van der Waals surface area contributed by atoms with Gasteiger partial charge in [-0.1, -0.05) is 110 Å². The molecule has 2 saturated carbocycles. The molecule has 2 bridgehead atoms. The molecular formula is C57H81NO14Si2. The number of rotatable bonds is 17. The van der Waals surface area contributed by atoms with Gasteiger partial charge in [0.15, 0.2) is 34.1 Å². The van der Waals surface area contributed by atoms with Crippen LogP contribution in [-0.2, 0) is 56.5 Å². The Morgan fingerprint density at radius 3 is 1.96 bits per heavy atom. The molecule has 0 radical (unpaired) electrons. The molecule has 15 nitrogen and oxygen atoms in total. The maximum absolute atomic E-state index is 16.7. The van der Waals surface area contributed by atoms with Gasteiger partial charge in [0.05, 0.1) is 29.5 Å². The Hall–Kier alpha value is -4.79. The summed E-state index contributed by atoms with van der Waals surface area (Å²) in [5.74, 6) is -5.54. The third-order valence-electron chi connectivity index (χ3n) is 17.7. The summed E-state index contributed by atoms with van der Waals surface area (Å²) >= 11 is 0. The van der Waals surface area contributed by atoms with Crippen LogP contribution in [0.4, 0.5) is 0 Å². The third kappa shape index (κ3) is 10.4. The second kappa shape index (κ2) is 21.7. The Labute approximate surface area is 440 Å². The van der Waals surface area contributed by atoms with Crippen LogP contribution in [0.3, 0.4) is 0 Å². The van der Waals surface area contributed by atoms with Crippen LogP contribution in [0.15, 0.2) is 83.5 Å². The molecule has 406 valence electrons. The lowest BCUT2D eigenvalue weighted by Gasteiger charge is -2.68. The summed E-state index contributed by atoms with van der Waals surface area (Å²) in [4.78, 5) is 87.9. The highest BCUT2D eigenvalue weighted by Crippen LogP contribution is 2.65. The van der Waals surface area contributed by atoms with E-state index in [1.54, 1.807) is 102 Å². The average molecular weight is 1060 g/mol. The lowest BCUT2D eigenvalue weighted by Crippen LogP contribution is -2.82. The molecule has 1 unspecified atom stereocenters. The summed E-state index contributed by atoms with van der Waals surface area (Å²) < 4.78 is 46.8. The molecule has 1 heterocycles. The minimum Gasteiger partial charge on any atom is -0.461 e. The first kappa shape index (κ1) is 58.5. The zero-order chi connectivity index (χ0) is 55.1. The number of carbonyl (C=O) groups is 6. The number of ketones is 1. The number of Topliss-reactive ketones (excluding diaryl/α,β-unsaturated/α-hetero) is 1. The fourth-order valence-electron chi connectivity index (χ4n) is 11.8. The fourth-order valence-corrected chi connectivity index (χ4v) is 15.7. The van der Waals surface area contributed by atoms with Gasteiger partial charge in [-0.15, -0.1) is 0 Å². The zero-order valence-electron chi connectivity index (χ0n) is 46.5. The van der Waals surface area contributed by atoms with Crippen LogP contribution < -0.4 is 5.32 Å². The number of carbonyl (C=O) groups excluding carboxylic acids is 6. The maximum atomic E-state index is 16.7. The maximum Gasteiger partial charge on any atom is 0.338 e. The van der Waals surface area contributed by atoms with Crippen LogP contribution in [0.25, 0.3) is 0 Å². The molecule has 1 amide bonds. The van der Waals surface area contributed by atoms with E-state index in [-0.39, 0.29) is 18.6 Å². The molecule has 2 aromatic carbocycles. The first-order valence-electron chi connectivity index (χ1n) is 26.2. The number of hydrogen-bond acceptors (Lipinski definition) is 14. The van der Waals surface area contributed by atoms with E-state index in [1.807, 2.05) is 60.7 Å². The highest BCUT2D eigenvalue weighted by Gasteiger charge is 2.79. The van der Waals surface area contributed by atoms with Crippen molar-refractivity contribution in [2.75, 3.05) is 6.61 Å². The van der Waals surface area contributed by atoms with Gasteiger partial charge in [0.2, 0.25) is 5.91 Å². The normalized spacial score (nSPS) is 29.7. The number of benzene rings is 2. The number of esters is 4. The lowest BCUT2D eigenvalue weighted by atomic mass is 9.44. The quantitative estimate of drug-likeness (QED) is 0.0499. The predicted molar refractivity (Wildman–Crippen MR) is 283 cm³/mol. The summed E-state index contributed by atoms with van der Waals surface area (Å²) in [7, 11) is -5.76. The Kier molecular flexibility index (Phi) is 17.1. The lowest BCUT2D eigenvalue weighted by molar-refractivity contribution is -0.346. The van der Waals surface area contributed by atoms with E-state index in [0.29, 0.717) is 40.4 Å². The summed E-state index contributed by atoms with van der Waals surface area (Å²) in [5.41, 5.74) is -5.58. The summed E-state index contributed by atoms with van der Waals surface area (Å²) in [6.45, 7) is 28.7. The SMILES string of the molecule is C/C=C(\C)C(=O)N[C@@H](c1ccccc1)[C@@H](O[Si](C)(C)C(C)(C)C)C(=O)O[C@H]1C[C@@]2(O)[C@@H](OC(=O)c3ccccc3)C3[C@](C)(C(=O)[C@H](O[Si](CC)(CC)CC)C(=C1C)C2(C)C)[C@@H](OC(C)=O)C[C@H]1OC[C@@]31OC(C)=O. The molecule has 6 rings (SSSR count). The van der Waals surface area contributed by atoms with Crippen molar-refractivity contribution < 1.29 is 66.4 Å². The second-order valence-electron chi connectivity index (χ2n) is 23.1. The molecule has 11 atom stereocenters. The molecule has 2 aromatic rings. The Bertz CT molecular complexity index is 2510. The number of ether oxygens (including phenoxy) is 5. The second-order valence-corrected chi connectivity index (χ2v) is 32.6. The van der Waals surface area contributed by atoms with Gasteiger partial charge in [-0.2, -0.15) is 0 Å².